The van der Waals surface area contributed by atoms with E-state index < -0.39 is 5.60 Å². The Bertz CT molecular complexity index is 1110. The first kappa shape index (κ1) is 32.1. The smallest absolute Gasteiger partial charge is 0.163 e. The fraction of sp³-hybridized carbons (Fsp3) is 0.484. The Kier molecular flexibility index (Phi) is 10.9. The molecule has 0 N–H and O–H groups in total. The minimum atomic E-state index is -0.694. The van der Waals surface area contributed by atoms with Gasteiger partial charge in [0, 0.05) is 11.1 Å². The van der Waals surface area contributed by atoms with Crippen LogP contribution in [0.2, 0.25) is 0 Å². The molecule has 7 heteroatoms. The van der Waals surface area contributed by atoms with Crippen molar-refractivity contribution < 1.29 is 23.3 Å². The van der Waals surface area contributed by atoms with Crippen molar-refractivity contribution in [3.05, 3.63) is 64.1 Å². The van der Waals surface area contributed by atoms with Crippen molar-refractivity contribution in [2.45, 2.75) is 99.2 Å². The predicted molar refractivity (Wildman–Crippen MR) is 164 cm³/mol. The molecule has 210 valence electrons. The van der Waals surface area contributed by atoms with E-state index in [0.717, 1.165) is 76.4 Å². The molecule has 0 amide bonds. The SMILES string of the molecule is C=C[C@]1(C)CCc2c(C)c(OP)c(C)c(C)c2O1.Cc1c(C)c2c(c(C)c1OP)CC[C@@](C)(C=O)O2.[CH2-]C. The first-order chi connectivity index (χ1) is 17.9. The molecule has 0 aliphatic carbocycles. The number of fused-ring (bicyclic) bond motifs is 2. The lowest BCUT2D eigenvalue weighted by Crippen LogP contribution is -2.38. The quantitative estimate of drug-likeness (QED) is 0.165. The van der Waals surface area contributed by atoms with Gasteiger partial charge in [-0.15, -0.1) is 0 Å². The monoisotopic (exact) mass is 559 g/mol. The van der Waals surface area contributed by atoms with Gasteiger partial charge in [-0.05, 0) is 121 Å². The van der Waals surface area contributed by atoms with Crippen molar-refractivity contribution in [1.29, 1.82) is 0 Å². The average Bonchev–Trinajstić information content (AvgIpc) is 2.92. The van der Waals surface area contributed by atoms with Crippen LogP contribution < -0.4 is 18.5 Å². The van der Waals surface area contributed by atoms with Gasteiger partial charge in [-0.25, -0.2) is 0 Å². The van der Waals surface area contributed by atoms with Gasteiger partial charge in [0.1, 0.15) is 28.6 Å². The summed E-state index contributed by atoms with van der Waals surface area (Å²) in [6, 6.07) is 0. The highest BCUT2D eigenvalue weighted by Crippen LogP contribution is 2.45. The van der Waals surface area contributed by atoms with Gasteiger partial charge < -0.3 is 25.4 Å². The Morgan fingerprint density at radius 2 is 1.11 bits per heavy atom. The Morgan fingerprint density at radius 3 is 1.45 bits per heavy atom. The van der Waals surface area contributed by atoms with Gasteiger partial charge in [0.05, 0.1) is 18.9 Å². The van der Waals surface area contributed by atoms with Crippen LogP contribution in [0.5, 0.6) is 23.0 Å². The van der Waals surface area contributed by atoms with Crippen LogP contribution in [0.15, 0.2) is 12.7 Å². The van der Waals surface area contributed by atoms with E-state index in [2.05, 4.69) is 60.1 Å². The molecular formula is C31H45O5P2-. The Hall–Kier alpha value is -2.09. The summed E-state index contributed by atoms with van der Waals surface area (Å²) in [4.78, 5) is 11.1. The van der Waals surface area contributed by atoms with Crippen molar-refractivity contribution in [3.63, 3.8) is 0 Å². The van der Waals surface area contributed by atoms with Gasteiger partial charge in [-0.2, -0.15) is 6.92 Å². The van der Waals surface area contributed by atoms with Crippen molar-refractivity contribution in [2.75, 3.05) is 0 Å². The summed E-state index contributed by atoms with van der Waals surface area (Å²) in [5.41, 5.74) is 8.22. The molecule has 0 radical (unpaired) electrons. The second-order valence-corrected chi connectivity index (χ2v) is 10.9. The zero-order chi connectivity index (χ0) is 29.0. The van der Waals surface area contributed by atoms with E-state index in [4.69, 9.17) is 18.5 Å². The zero-order valence-corrected chi connectivity index (χ0v) is 26.9. The topological polar surface area (TPSA) is 54.0 Å². The maximum absolute atomic E-state index is 11.1. The van der Waals surface area contributed by atoms with Crippen LogP contribution >= 0.6 is 18.9 Å². The fourth-order valence-corrected chi connectivity index (χ4v) is 5.79. The summed E-state index contributed by atoms with van der Waals surface area (Å²) in [5, 5.41) is 0. The van der Waals surface area contributed by atoms with E-state index in [0.29, 0.717) is 6.42 Å². The molecule has 2 unspecified atom stereocenters. The Balaban J connectivity index is 0.000000251. The lowest BCUT2D eigenvalue weighted by Gasteiger charge is -2.36. The number of benzene rings is 2. The van der Waals surface area contributed by atoms with E-state index in [1.54, 1.807) is 6.92 Å². The Morgan fingerprint density at radius 1 is 0.737 bits per heavy atom. The van der Waals surface area contributed by atoms with Gasteiger partial charge in [0.2, 0.25) is 0 Å². The molecule has 0 saturated carbocycles. The van der Waals surface area contributed by atoms with Crippen LogP contribution in [0, 0.1) is 48.5 Å². The summed E-state index contributed by atoms with van der Waals surface area (Å²) in [7, 11) is 4.64. The molecule has 2 aromatic carbocycles. The van der Waals surface area contributed by atoms with Crippen LogP contribution in [-0.4, -0.2) is 17.5 Å². The van der Waals surface area contributed by atoms with Gasteiger partial charge in [-0.1, -0.05) is 6.58 Å². The van der Waals surface area contributed by atoms with Crippen LogP contribution in [-0.2, 0) is 17.6 Å². The van der Waals surface area contributed by atoms with E-state index in [1.807, 2.05) is 33.8 Å². The predicted octanol–water partition coefficient (Wildman–Crippen LogP) is 7.95. The normalized spacial score (nSPS) is 21.1. The molecule has 0 spiro atoms. The number of rotatable bonds is 4. The zero-order valence-electron chi connectivity index (χ0n) is 24.6. The van der Waals surface area contributed by atoms with Crippen LogP contribution in [0.25, 0.3) is 0 Å². The summed E-state index contributed by atoms with van der Waals surface area (Å²) >= 11 is 0. The maximum Gasteiger partial charge on any atom is 0.163 e. The third-order valence-electron chi connectivity index (χ3n) is 7.95. The average molecular weight is 560 g/mol. The first-order valence-electron chi connectivity index (χ1n) is 13.0. The largest absolute Gasteiger partial charge is 0.483 e. The van der Waals surface area contributed by atoms with Crippen molar-refractivity contribution in [3.8, 4) is 23.0 Å². The molecule has 2 heterocycles. The molecule has 4 rings (SSSR count). The molecule has 0 fully saturated rings. The Labute approximate surface area is 234 Å². The number of hydrogen-bond acceptors (Lipinski definition) is 5. The molecule has 2 aliphatic heterocycles. The molecule has 38 heavy (non-hydrogen) atoms. The first-order valence-corrected chi connectivity index (χ1v) is 14.0. The highest BCUT2D eigenvalue weighted by molar-refractivity contribution is 7.10. The third kappa shape index (κ3) is 6.05. The second-order valence-electron chi connectivity index (χ2n) is 10.4. The van der Waals surface area contributed by atoms with E-state index >= 15 is 0 Å². The fourth-order valence-electron chi connectivity index (χ4n) is 5.08. The molecule has 0 saturated heterocycles. The highest BCUT2D eigenvalue weighted by Gasteiger charge is 2.35. The number of hydrogen-bond donors (Lipinski definition) is 0. The number of ether oxygens (including phenoxy) is 2. The lowest BCUT2D eigenvalue weighted by atomic mass is 9.87. The standard InChI is InChI=1S/C15H21O2P.C14H19O3P.C2H5/c1-6-15(5)8-7-12-11(4)13(17-18)9(2)10(3)14(12)16-15;1-8-9(2)13-11(10(3)12(8)17-18)5-6-14(4,7-15)16-13;1-2/h6H,1,7-8,18H2,2-5H3;7H,5-6,18H2,1-4H3;1H2,2H3/q;;-1/t15-;14-;/m10./s1. The van der Waals surface area contributed by atoms with E-state index in [9.17, 15) is 4.79 Å². The second kappa shape index (κ2) is 12.8. The van der Waals surface area contributed by atoms with Crippen LogP contribution in [0.3, 0.4) is 0 Å². The highest BCUT2D eigenvalue weighted by atomic mass is 31.0. The molecule has 2 aliphatic rings. The third-order valence-corrected chi connectivity index (χ3v) is 8.42. The lowest BCUT2D eigenvalue weighted by molar-refractivity contribution is -0.121. The minimum Gasteiger partial charge on any atom is -0.483 e. The van der Waals surface area contributed by atoms with E-state index in [1.165, 1.54) is 16.7 Å². The van der Waals surface area contributed by atoms with Crippen molar-refractivity contribution in [2.24, 2.45) is 0 Å². The molecule has 5 nitrogen and oxygen atoms in total. The summed E-state index contributed by atoms with van der Waals surface area (Å²) < 4.78 is 22.9. The maximum atomic E-state index is 11.1. The number of carbonyl (C=O) groups excluding carboxylic acids is 1. The van der Waals surface area contributed by atoms with E-state index in [-0.39, 0.29) is 5.60 Å². The number of carbonyl (C=O) groups is 1. The molecule has 2 aromatic rings. The van der Waals surface area contributed by atoms with Gasteiger partial charge in [0.25, 0.3) is 0 Å². The van der Waals surface area contributed by atoms with Crippen molar-refractivity contribution >= 4 is 25.2 Å². The van der Waals surface area contributed by atoms with Gasteiger partial charge in [-0.3, -0.25) is 4.79 Å². The summed E-state index contributed by atoms with van der Waals surface area (Å²) in [6.07, 6.45) is 6.33. The molecule has 0 aromatic heterocycles. The minimum absolute atomic E-state index is 0.250. The van der Waals surface area contributed by atoms with Crippen molar-refractivity contribution in [1.82, 2.24) is 0 Å². The molecule has 0 bridgehead atoms. The molecular weight excluding hydrogens is 514 g/mol. The number of aldehydes is 1. The molecule has 4 atom stereocenters. The van der Waals surface area contributed by atoms with Gasteiger partial charge in [0.15, 0.2) is 11.9 Å². The summed E-state index contributed by atoms with van der Waals surface area (Å²) in [5.74, 6) is 3.73. The summed E-state index contributed by atoms with van der Waals surface area (Å²) in [6.45, 7) is 25.1. The van der Waals surface area contributed by atoms with Crippen LogP contribution in [0.4, 0.5) is 0 Å². The van der Waals surface area contributed by atoms with Crippen LogP contribution in [0.1, 0.15) is 78.1 Å². The van der Waals surface area contributed by atoms with Gasteiger partial charge >= 0.3 is 0 Å².